The van der Waals surface area contributed by atoms with Gasteiger partial charge in [-0.3, -0.25) is 14.6 Å². The van der Waals surface area contributed by atoms with Crippen LogP contribution in [-0.2, 0) is 15.0 Å². The highest BCUT2D eigenvalue weighted by Crippen LogP contribution is 2.52. The molecule has 4 rings (SSSR count). The number of rotatable bonds is 3. The van der Waals surface area contributed by atoms with E-state index in [-0.39, 0.29) is 17.6 Å². The first-order valence-corrected chi connectivity index (χ1v) is 10.2. The summed E-state index contributed by atoms with van der Waals surface area (Å²) in [7, 11) is 0. The van der Waals surface area contributed by atoms with Gasteiger partial charge < -0.3 is 5.32 Å². The van der Waals surface area contributed by atoms with Gasteiger partial charge >= 0.3 is 0 Å². The van der Waals surface area contributed by atoms with E-state index in [4.69, 9.17) is 4.99 Å². The third kappa shape index (κ3) is 3.21. The maximum atomic E-state index is 13.6. The third-order valence-corrected chi connectivity index (χ3v) is 6.16. The number of anilines is 1. The standard InChI is InChI=1S/C25H22N4O2/c1-24(2)12-20(28-17-8-4-3-5-9-17)22(21(30)13-24)25(16(14-26)15-27)18-10-6-7-11-19(18)29-23(25)31/h3-11,16,22H,12-13H2,1-2H3,(H,29,31). The minimum Gasteiger partial charge on any atom is -0.325 e. The van der Waals surface area contributed by atoms with Crippen LogP contribution in [0.25, 0.3) is 0 Å². The van der Waals surface area contributed by atoms with E-state index in [2.05, 4.69) is 5.32 Å². The van der Waals surface area contributed by atoms with Crippen LogP contribution in [0.2, 0.25) is 0 Å². The number of para-hydroxylation sites is 2. The second-order valence-corrected chi connectivity index (χ2v) is 8.92. The maximum absolute atomic E-state index is 13.6. The van der Waals surface area contributed by atoms with E-state index in [1.54, 1.807) is 24.3 Å². The molecule has 2 unspecified atom stereocenters. The van der Waals surface area contributed by atoms with Crippen molar-refractivity contribution in [1.29, 1.82) is 10.5 Å². The fourth-order valence-electron chi connectivity index (χ4n) is 4.98. The maximum Gasteiger partial charge on any atom is 0.238 e. The zero-order valence-corrected chi connectivity index (χ0v) is 17.4. The molecule has 0 radical (unpaired) electrons. The molecule has 2 aliphatic rings. The number of nitriles is 2. The summed E-state index contributed by atoms with van der Waals surface area (Å²) in [6, 6.07) is 20.2. The highest BCUT2D eigenvalue weighted by atomic mass is 16.2. The number of Topliss-reactive ketones (excluding diaryl/α,β-unsaturated/α-hetero) is 1. The summed E-state index contributed by atoms with van der Waals surface area (Å²) in [5.74, 6) is -3.00. The van der Waals surface area contributed by atoms with Crippen molar-refractivity contribution in [2.75, 3.05) is 5.32 Å². The average Bonchev–Trinajstić information content (AvgIpc) is 3.01. The van der Waals surface area contributed by atoms with Gasteiger partial charge in [0, 0.05) is 17.8 Å². The van der Waals surface area contributed by atoms with Gasteiger partial charge in [0.05, 0.1) is 23.7 Å². The Labute approximate surface area is 181 Å². The molecule has 1 aliphatic carbocycles. The molecule has 1 aliphatic heterocycles. The molecule has 2 aromatic rings. The molecule has 0 saturated heterocycles. The predicted octanol–water partition coefficient (Wildman–Crippen LogP) is 4.32. The number of hydrogen-bond donors (Lipinski definition) is 1. The van der Waals surface area contributed by atoms with Gasteiger partial charge in [0.2, 0.25) is 5.91 Å². The van der Waals surface area contributed by atoms with Crippen molar-refractivity contribution in [2.45, 2.75) is 32.1 Å². The normalized spacial score (nSPS) is 25.6. The van der Waals surface area contributed by atoms with Gasteiger partial charge in [0.25, 0.3) is 0 Å². The Balaban J connectivity index is 2.01. The summed E-state index contributed by atoms with van der Waals surface area (Å²) >= 11 is 0. The molecule has 2 aromatic carbocycles. The quantitative estimate of drug-likeness (QED) is 0.813. The zero-order chi connectivity index (χ0) is 22.2. The van der Waals surface area contributed by atoms with E-state index in [9.17, 15) is 20.1 Å². The number of amides is 1. The molecule has 1 saturated carbocycles. The molecule has 31 heavy (non-hydrogen) atoms. The lowest BCUT2D eigenvalue weighted by atomic mass is 9.56. The number of carbonyl (C=O) groups is 2. The van der Waals surface area contributed by atoms with Crippen LogP contribution in [0.3, 0.4) is 0 Å². The minimum atomic E-state index is -1.64. The second-order valence-electron chi connectivity index (χ2n) is 8.92. The lowest BCUT2D eigenvalue weighted by Gasteiger charge is -2.43. The number of nitrogens with zero attached hydrogens (tertiary/aromatic N) is 3. The van der Waals surface area contributed by atoms with Crippen molar-refractivity contribution >= 4 is 28.8 Å². The number of ketones is 1. The Morgan fingerprint density at radius 3 is 2.32 bits per heavy atom. The number of benzene rings is 2. The van der Waals surface area contributed by atoms with Crippen molar-refractivity contribution in [1.82, 2.24) is 0 Å². The molecular weight excluding hydrogens is 388 g/mol. The molecule has 1 fully saturated rings. The monoisotopic (exact) mass is 410 g/mol. The summed E-state index contributed by atoms with van der Waals surface area (Å²) in [4.78, 5) is 31.9. The second kappa shape index (κ2) is 7.49. The zero-order valence-electron chi connectivity index (χ0n) is 17.4. The fourth-order valence-corrected chi connectivity index (χ4v) is 4.98. The topological polar surface area (TPSA) is 106 Å². The SMILES string of the molecule is CC1(C)CC(=O)C(C2(C(C#N)C#N)C(=O)Nc3ccccc32)C(=Nc2ccccc2)C1. The molecule has 1 heterocycles. The van der Waals surface area contributed by atoms with Crippen LogP contribution in [0.4, 0.5) is 11.4 Å². The molecule has 154 valence electrons. The summed E-state index contributed by atoms with van der Waals surface area (Å²) in [5, 5.41) is 22.6. The average molecular weight is 410 g/mol. The Hall–Kier alpha value is -3.77. The smallest absolute Gasteiger partial charge is 0.238 e. The molecule has 6 nitrogen and oxygen atoms in total. The minimum absolute atomic E-state index is 0.173. The van der Waals surface area contributed by atoms with Crippen LogP contribution in [-0.4, -0.2) is 17.4 Å². The fraction of sp³-hybridized carbons (Fsp3) is 0.320. The number of carbonyl (C=O) groups excluding carboxylic acids is 2. The highest BCUT2D eigenvalue weighted by Gasteiger charge is 2.63. The van der Waals surface area contributed by atoms with Crippen LogP contribution in [0.15, 0.2) is 59.6 Å². The molecular formula is C25H22N4O2. The summed E-state index contributed by atoms with van der Waals surface area (Å²) in [6.45, 7) is 3.98. The first kappa shape index (κ1) is 20.5. The molecule has 0 aromatic heterocycles. The first-order chi connectivity index (χ1) is 14.8. The lowest BCUT2D eigenvalue weighted by molar-refractivity contribution is -0.132. The largest absolute Gasteiger partial charge is 0.325 e. The number of nitrogens with one attached hydrogen (secondary N) is 1. The van der Waals surface area contributed by atoms with E-state index in [0.717, 1.165) is 0 Å². The van der Waals surface area contributed by atoms with Crippen molar-refractivity contribution < 1.29 is 9.59 Å². The first-order valence-electron chi connectivity index (χ1n) is 10.2. The van der Waals surface area contributed by atoms with Crippen molar-refractivity contribution in [3.05, 3.63) is 60.2 Å². The van der Waals surface area contributed by atoms with Gasteiger partial charge in [0.1, 0.15) is 11.2 Å². The van der Waals surface area contributed by atoms with Crippen LogP contribution in [0, 0.1) is 39.9 Å². The molecule has 6 heteroatoms. The van der Waals surface area contributed by atoms with Gasteiger partial charge in [0.15, 0.2) is 5.92 Å². The Morgan fingerprint density at radius 1 is 1.00 bits per heavy atom. The van der Waals surface area contributed by atoms with Gasteiger partial charge in [-0.05, 0) is 35.6 Å². The van der Waals surface area contributed by atoms with Crippen LogP contribution in [0.1, 0.15) is 32.3 Å². The Bertz CT molecular complexity index is 1160. The predicted molar refractivity (Wildman–Crippen MR) is 117 cm³/mol. The van der Waals surface area contributed by atoms with Gasteiger partial charge in [-0.1, -0.05) is 50.2 Å². The van der Waals surface area contributed by atoms with E-state index in [1.807, 2.05) is 56.3 Å². The van der Waals surface area contributed by atoms with E-state index >= 15 is 0 Å². The summed E-state index contributed by atoms with van der Waals surface area (Å²) in [6.07, 6.45) is 0.728. The van der Waals surface area contributed by atoms with Gasteiger partial charge in [-0.25, -0.2) is 0 Å². The van der Waals surface area contributed by atoms with Crippen molar-refractivity contribution in [2.24, 2.45) is 22.2 Å². The van der Waals surface area contributed by atoms with E-state index in [0.29, 0.717) is 29.1 Å². The van der Waals surface area contributed by atoms with Gasteiger partial charge in [-0.15, -0.1) is 0 Å². The van der Waals surface area contributed by atoms with Crippen molar-refractivity contribution in [3.63, 3.8) is 0 Å². The molecule has 0 bridgehead atoms. The Kier molecular flexibility index (Phi) is 4.95. The third-order valence-electron chi connectivity index (χ3n) is 6.16. The number of aliphatic imine (C=N–C) groups is 1. The van der Waals surface area contributed by atoms with Crippen molar-refractivity contribution in [3.8, 4) is 12.1 Å². The van der Waals surface area contributed by atoms with Crippen LogP contribution < -0.4 is 5.32 Å². The van der Waals surface area contributed by atoms with Crippen LogP contribution >= 0.6 is 0 Å². The van der Waals surface area contributed by atoms with E-state index in [1.165, 1.54) is 0 Å². The van der Waals surface area contributed by atoms with E-state index < -0.39 is 23.2 Å². The molecule has 2 atom stereocenters. The van der Waals surface area contributed by atoms with Gasteiger partial charge in [-0.2, -0.15) is 10.5 Å². The molecule has 1 N–H and O–H groups in total. The van der Waals surface area contributed by atoms with Crippen LogP contribution in [0.5, 0.6) is 0 Å². The number of hydrogen-bond acceptors (Lipinski definition) is 5. The molecule has 1 amide bonds. The molecule has 0 spiro atoms. The lowest BCUT2D eigenvalue weighted by Crippen LogP contribution is -2.56. The summed E-state index contributed by atoms with van der Waals surface area (Å²) < 4.78 is 0. The highest BCUT2D eigenvalue weighted by molar-refractivity contribution is 6.19. The Morgan fingerprint density at radius 2 is 1.65 bits per heavy atom. The summed E-state index contributed by atoms with van der Waals surface area (Å²) in [5.41, 5.74) is 0.259. The number of fused-ring (bicyclic) bond motifs is 1.